The minimum absolute atomic E-state index is 0.0306. The Bertz CT molecular complexity index is 840. The summed E-state index contributed by atoms with van der Waals surface area (Å²) >= 11 is 0. The zero-order chi connectivity index (χ0) is 22.8. The van der Waals surface area contributed by atoms with E-state index in [4.69, 9.17) is 4.74 Å². The molecule has 10 heteroatoms. The lowest BCUT2D eigenvalue weighted by Gasteiger charge is -2.19. The van der Waals surface area contributed by atoms with Crippen molar-refractivity contribution in [2.45, 2.75) is 31.7 Å². The first-order chi connectivity index (χ1) is 14.4. The molecule has 1 fully saturated rings. The fourth-order valence-corrected chi connectivity index (χ4v) is 3.89. The molecule has 31 heavy (non-hydrogen) atoms. The van der Waals surface area contributed by atoms with Crippen molar-refractivity contribution in [2.24, 2.45) is 5.92 Å². The molecule has 0 saturated carbocycles. The van der Waals surface area contributed by atoms with Crippen molar-refractivity contribution < 1.29 is 36.1 Å². The molecule has 0 radical (unpaired) electrons. The molecule has 0 aromatic heterocycles. The molecule has 0 aliphatic carbocycles. The maximum absolute atomic E-state index is 13.0. The largest absolute Gasteiger partial charge is 0.437 e. The Labute approximate surface area is 176 Å². The highest BCUT2D eigenvalue weighted by molar-refractivity contribution is 6.45. The molecule has 3 nitrogen and oxygen atoms in total. The van der Waals surface area contributed by atoms with E-state index in [2.05, 4.69) is 0 Å². The van der Waals surface area contributed by atoms with Gasteiger partial charge in [0, 0.05) is 11.8 Å². The summed E-state index contributed by atoms with van der Waals surface area (Å²) in [7, 11) is -0.672. The first kappa shape index (κ1) is 23.6. The molecule has 2 atom stereocenters. The van der Waals surface area contributed by atoms with Gasteiger partial charge in [-0.2, -0.15) is 26.3 Å². The van der Waals surface area contributed by atoms with Crippen molar-refractivity contribution in [2.75, 3.05) is 19.7 Å². The highest BCUT2D eigenvalue weighted by Gasteiger charge is 2.38. The minimum atomic E-state index is -4.89. The van der Waals surface area contributed by atoms with Crippen LogP contribution in [0.3, 0.4) is 0 Å². The first-order valence-corrected chi connectivity index (χ1v) is 9.78. The normalized spacial score (nSPS) is 20.3. The topological polar surface area (TPSA) is 32.7 Å². The summed E-state index contributed by atoms with van der Waals surface area (Å²) in [5.41, 5.74) is -1.87. The number of alkyl halides is 6. The second-order valence-corrected chi connectivity index (χ2v) is 7.79. The van der Waals surface area contributed by atoms with Gasteiger partial charge in [0.1, 0.15) is 0 Å². The van der Waals surface area contributed by atoms with Crippen LogP contribution >= 0.6 is 0 Å². The van der Waals surface area contributed by atoms with Crippen LogP contribution in [-0.4, -0.2) is 36.6 Å². The molecule has 1 saturated heterocycles. The Kier molecular flexibility index (Phi) is 7.03. The van der Waals surface area contributed by atoms with Gasteiger partial charge in [0.05, 0.1) is 24.3 Å². The molecule has 3 rings (SSSR count). The van der Waals surface area contributed by atoms with Gasteiger partial charge in [-0.25, -0.2) is 0 Å². The quantitative estimate of drug-likeness (QED) is 0.498. The van der Waals surface area contributed by atoms with Crippen molar-refractivity contribution in [3.8, 4) is 0 Å². The summed E-state index contributed by atoms with van der Waals surface area (Å²) in [5.74, 6) is -0.0343. The first-order valence-electron chi connectivity index (χ1n) is 9.78. The number of rotatable bonds is 6. The van der Waals surface area contributed by atoms with Crippen molar-refractivity contribution in [1.29, 1.82) is 0 Å². The molecular weight excluding hydrogens is 423 g/mol. The lowest BCUT2D eigenvalue weighted by molar-refractivity contribution is -0.143. The van der Waals surface area contributed by atoms with Gasteiger partial charge in [0.15, 0.2) is 0 Å². The van der Waals surface area contributed by atoms with Gasteiger partial charge in [-0.05, 0) is 49.2 Å². The maximum atomic E-state index is 13.0. The predicted octanol–water partition coefficient (Wildman–Crippen LogP) is 5.07. The third-order valence-corrected chi connectivity index (χ3v) is 5.47. The van der Waals surface area contributed by atoms with E-state index in [-0.39, 0.29) is 36.7 Å². The molecule has 1 aliphatic heterocycles. The van der Waals surface area contributed by atoms with E-state index >= 15 is 0 Å². The zero-order valence-electron chi connectivity index (χ0n) is 16.7. The summed E-state index contributed by atoms with van der Waals surface area (Å²) in [6, 6.07) is 11.0. The fraction of sp³-hybridized carbons (Fsp3) is 0.429. The fourth-order valence-electron chi connectivity index (χ4n) is 3.89. The molecule has 168 valence electrons. The maximum Gasteiger partial charge on any atom is 0.416 e. The van der Waals surface area contributed by atoms with Gasteiger partial charge in [-0.3, -0.25) is 0 Å². The van der Waals surface area contributed by atoms with E-state index in [0.29, 0.717) is 25.2 Å². The summed E-state index contributed by atoms with van der Waals surface area (Å²) < 4.78 is 83.7. The predicted molar refractivity (Wildman–Crippen MR) is 104 cm³/mol. The average molecular weight is 445 g/mol. The molecule has 0 amide bonds. The second kappa shape index (κ2) is 9.22. The molecule has 0 spiro atoms. The van der Waals surface area contributed by atoms with E-state index in [1.165, 1.54) is 0 Å². The van der Waals surface area contributed by atoms with Crippen LogP contribution in [-0.2, 0) is 23.7 Å². The summed E-state index contributed by atoms with van der Waals surface area (Å²) in [6.45, 7) is 2.50. The van der Waals surface area contributed by atoms with E-state index in [0.717, 1.165) is 5.56 Å². The molecule has 2 aromatic carbocycles. The molecule has 1 N–H and O–H groups in total. The van der Waals surface area contributed by atoms with Crippen LogP contribution in [0.4, 0.5) is 26.3 Å². The Morgan fingerprint density at radius 3 is 2.06 bits per heavy atom. The van der Waals surface area contributed by atoms with Gasteiger partial charge in [0.25, 0.3) is 0 Å². The van der Waals surface area contributed by atoms with Crippen molar-refractivity contribution in [3.63, 3.8) is 0 Å². The van der Waals surface area contributed by atoms with Crippen LogP contribution in [0.15, 0.2) is 48.5 Å². The number of nitrogens with zero attached hydrogens (tertiary/aromatic N) is 1. The van der Waals surface area contributed by atoms with Gasteiger partial charge in [-0.15, -0.1) is 0 Å². The minimum Gasteiger partial charge on any atom is -0.437 e. The number of hydrogen-bond donors (Lipinski definition) is 1. The highest BCUT2D eigenvalue weighted by atomic mass is 19.4. The van der Waals surface area contributed by atoms with Crippen LogP contribution < -0.4 is 0 Å². The third-order valence-electron chi connectivity index (χ3n) is 5.47. The Morgan fingerprint density at radius 2 is 1.55 bits per heavy atom. The van der Waals surface area contributed by atoms with Crippen LogP contribution in [0.2, 0.25) is 6.82 Å². The number of benzene rings is 2. The van der Waals surface area contributed by atoms with E-state index in [9.17, 15) is 31.4 Å². The van der Waals surface area contributed by atoms with Crippen molar-refractivity contribution in [3.05, 3.63) is 70.8 Å². The monoisotopic (exact) mass is 445 g/mol. The summed E-state index contributed by atoms with van der Waals surface area (Å²) in [4.78, 5) is 1.86. The molecule has 1 heterocycles. The third kappa shape index (κ3) is 6.02. The summed E-state index contributed by atoms with van der Waals surface area (Å²) in [5, 5.41) is 9.92. The number of halogens is 6. The van der Waals surface area contributed by atoms with E-state index in [1.54, 1.807) is 6.82 Å². The summed E-state index contributed by atoms with van der Waals surface area (Å²) in [6.07, 6.45) is -9.78. The van der Waals surface area contributed by atoms with Gasteiger partial charge < -0.3 is 14.6 Å². The number of hydrogen-bond acceptors (Lipinski definition) is 3. The van der Waals surface area contributed by atoms with Crippen LogP contribution in [0.25, 0.3) is 0 Å². The van der Waals surface area contributed by atoms with Gasteiger partial charge in [0.2, 0.25) is 0 Å². The number of ether oxygens (including phenoxy) is 1. The Hall–Kier alpha value is -2.04. The molecular formula is C21H22BF6NO2. The van der Waals surface area contributed by atoms with Crippen LogP contribution in [0, 0.1) is 5.92 Å². The molecule has 1 unspecified atom stereocenters. The van der Waals surface area contributed by atoms with E-state index in [1.807, 2.05) is 35.1 Å². The van der Waals surface area contributed by atoms with Gasteiger partial charge in [-0.1, -0.05) is 30.3 Å². The molecule has 0 bridgehead atoms. The van der Waals surface area contributed by atoms with E-state index < -0.39 is 30.5 Å². The Balaban J connectivity index is 1.73. The van der Waals surface area contributed by atoms with Crippen molar-refractivity contribution >= 4 is 7.05 Å². The standard InChI is InChI=1S/C21H22BF6NO2/c1-22(30)29-10-16(19(11-29)15-5-3-2-4-6-15)13-31-12-14-7-17(20(23,24)25)9-18(8-14)21(26,27)28/h2-9,16,19,30H,10-13H2,1H3/t16-,19?/m0/s1. The lowest BCUT2D eigenvalue weighted by Crippen LogP contribution is -2.35. The van der Waals surface area contributed by atoms with Crippen LogP contribution in [0.5, 0.6) is 0 Å². The molecule has 2 aromatic rings. The average Bonchev–Trinajstić information content (AvgIpc) is 3.12. The molecule has 1 aliphatic rings. The van der Waals surface area contributed by atoms with Gasteiger partial charge >= 0.3 is 19.4 Å². The van der Waals surface area contributed by atoms with Crippen LogP contribution in [0.1, 0.15) is 28.2 Å². The lowest BCUT2D eigenvalue weighted by atomic mass is 9.85. The SMILES string of the molecule is CB(O)N1CC(c2ccccc2)[C@H](COCc2cc(C(F)(F)F)cc(C(F)(F)F)c2)C1. The van der Waals surface area contributed by atoms with Crippen molar-refractivity contribution in [1.82, 2.24) is 4.81 Å². The Morgan fingerprint density at radius 1 is 0.968 bits per heavy atom. The highest BCUT2D eigenvalue weighted by Crippen LogP contribution is 2.37. The second-order valence-electron chi connectivity index (χ2n) is 7.79. The zero-order valence-corrected chi connectivity index (χ0v) is 16.7. The smallest absolute Gasteiger partial charge is 0.416 e.